The summed E-state index contributed by atoms with van der Waals surface area (Å²) in [6.45, 7) is 0. The van der Waals surface area contributed by atoms with E-state index in [2.05, 4.69) is 29.6 Å². The van der Waals surface area contributed by atoms with Crippen molar-refractivity contribution < 1.29 is 0 Å². The number of nitrogens with zero attached hydrogens (tertiary/aromatic N) is 1. The quantitative estimate of drug-likeness (QED) is 0.742. The highest BCUT2D eigenvalue weighted by Crippen LogP contribution is 2.39. The Kier molecular flexibility index (Phi) is 4.18. The van der Waals surface area contributed by atoms with E-state index in [9.17, 15) is 0 Å². The van der Waals surface area contributed by atoms with Crippen LogP contribution in [0, 0.1) is 11.8 Å². The highest BCUT2D eigenvalue weighted by atomic mass is 15.0. The maximum atomic E-state index is 5.18. The van der Waals surface area contributed by atoms with E-state index in [1.807, 2.05) is 0 Å². The second kappa shape index (κ2) is 6.44. The van der Waals surface area contributed by atoms with Gasteiger partial charge in [-0.25, -0.2) is 0 Å². The zero-order valence-corrected chi connectivity index (χ0v) is 13.6. The second-order valence-corrected chi connectivity index (χ2v) is 7.41. The Bertz CT molecular complexity index is 536. The van der Waals surface area contributed by atoms with Gasteiger partial charge in [0.1, 0.15) is 0 Å². The van der Waals surface area contributed by atoms with Gasteiger partial charge in [-0.1, -0.05) is 50.7 Å². The molecule has 22 heavy (non-hydrogen) atoms. The second-order valence-electron chi connectivity index (χ2n) is 7.41. The van der Waals surface area contributed by atoms with Gasteiger partial charge >= 0.3 is 0 Å². The average molecular weight is 296 g/mol. The molecule has 1 atom stereocenters. The minimum Gasteiger partial charge on any atom is -0.375 e. The molecule has 2 fully saturated rings. The predicted molar refractivity (Wildman–Crippen MR) is 94.1 cm³/mol. The number of anilines is 1. The van der Waals surface area contributed by atoms with Crippen molar-refractivity contribution in [3.05, 3.63) is 24.3 Å². The summed E-state index contributed by atoms with van der Waals surface area (Å²) >= 11 is 0. The van der Waals surface area contributed by atoms with Crippen molar-refractivity contribution in [2.45, 2.75) is 70.3 Å². The van der Waals surface area contributed by atoms with E-state index in [0.717, 1.165) is 17.5 Å². The van der Waals surface area contributed by atoms with Gasteiger partial charge in [0.05, 0.1) is 17.4 Å². The Morgan fingerprint density at radius 2 is 1.50 bits per heavy atom. The third kappa shape index (κ3) is 2.80. The van der Waals surface area contributed by atoms with Crippen LogP contribution in [-0.2, 0) is 0 Å². The topological polar surface area (TPSA) is 24.4 Å². The number of para-hydroxylation sites is 2. The van der Waals surface area contributed by atoms with E-state index in [1.165, 1.54) is 75.6 Å². The van der Waals surface area contributed by atoms with Gasteiger partial charge in [-0.15, -0.1) is 0 Å². The molecule has 0 bridgehead atoms. The predicted octanol–water partition coefficient (Wildman–Crippen LogP) is 5.71. The van der Waals surface area contributed by atoms with Gasteiger partial charge in [-0.2, -0.15) is 0 Å². The molecule has 0 radical (unpaired) electrons. The molecule has 1 aromatic rings. The Labute approximate surface area is 134 Å². The lowest BCUT2D eigenvalue weighted by Crippen LogP contribution is -2.43. The first-order valence-corrected chi connectivity index (χ1v) is 9.36. The lowest BCUT2D eigenvalue weighted by atomic mass is 9.75. The van der Waals surface area contributed by atoms with Gasteiger partial charge in [0, 0.05) is 5.71 Å². The number of nitrogens with one attached hydrogen (secondary N) is 1. The lowest BCUT2D eigenvalue weighted by molar-refractivity contribution is 0.339. The third-order valence-corrected chi connectivity index (χ3v) is 5.93. The number of rotatable bonds is 2. The molecule has 1 aliphatic heterocycles. The molecule has 2 aliphatic carbocycles. The summed E-state index contributed by atoms with van der Waals surface area (Å²) in [5.41, 5.74) is 3.90. The third-order valence-electron chi connectivity index (χ3n) is 5.93. The molecular formula is C20H28N2. The van der Waals surface area contributed by atoms with Crippen LogP contribution < -0.4 is 5.32 Å². The van der Waals surface area contributed by atoms with E-state index in [-0.39, 0.29) is 0 Å². The van der Waals surface area contributed by atoms with E-state index < -0.39 is 0 Å². The first-order valence-electron chi connectivity index (χ1n) is 9.36. The zero-order valence-electron chi connectivity index (χ0n) is 13.6. The monoisotopic (exact) mass is 296 g/mol. The average Bonchev–Trinajstić information content (AvgIpc) is 2.62. The molecule has 2 heteroatoms. The van der Waals surface area contributed by atoms with Crippen LogP contribution in [-0.4, -0.2) is 11.8 Å². The lowest BCUT2D eigenvalue weighted by Gasteiger charge is -2.39. The van der Waals surface area contributed by atoms with Gasteiger partial charge in [-0.3, -0.25) is 4.99 Å². The fourth-order valence-electron chi connectivity index (χ4n) is 4.71. The van der Waals surface area contributed by atoms with Crippen molar-refractivity contribution in [3.63, 3.8) is 0 Å². The smallest absolute Gasteiger partial charge is 0.0861 e. The standard InChI is InChI=1S/C20H28N2/c1-3-9-15(10-4-1)19-20(16-11-5-2-6-12-16)22-18-14-8-7-13-17(18)21-19/h7-8,13-16,19,21H,1-6,9-12H2. The summed E-state index contributed by atoms with van der Waals surface area (Å²) in [5.74, 6) is 1.52. The minimum absolute atomic E-state index is 0.498. The van der Waals surface area contributed by atoms with Crippen molar-refractivity contribution in [2.24, 2.45) is 16.8 Å². The summed E-state index contributed by atoms with van der Waals surface area (Å²) in [6.07, 6.45) is 13.9. The maximum absolute atomic E-state index is 5.18. The van der Waals surface area contributed by atoms with Crippen LogP contribution in [0.3, 0.4) is 0 Å². The van der Waals surface area contributed by atoms with Crippen LogP contribution in [0.4, 0.5) is 11.4 Å². The molecule has 2 saturated carbocycles. The van der Waals surface area contributed by atoms with Crippen molar-refractivity contribution in [1.29, 1.82) is 0 Å². The summed E-state index contributed by atoms with van der Waals surface area (Å²) in [6, 6.07) is 9.11. The number of fused-ring (bicyclic) bond motifs is 1. The summed E-state index contributed by atoms with van der Waals surface area (Å²) in [4.78, 5) is 5.18. The van der Waals surface area contributed by atoms with Gasteiger partial charge in [0.25, 0.3) is 0 Å². The zero-order chi connectivity index (χ0) is 14.8. The molecule has 0 spiro atoms. The molecule has 1 N–H and O–H groups in total. The molecule has 4 rings (SSSR count). The van der Waals surface area contributed by atoms with E-state index in [0.29, 0.717) is 6.04 Å². The molecule has 1 unspecified atom stereocenters. The van der Waals surface area contributed by atoms with Crippen molar-refractivity contribution in [1.82, 2.24) is 0 Å². The highest BCUT2D eigenvalue weighted by molar-refractivity contribution is 6.00. The van der Waals surface area contributed by atoms with Gasteiger partial charge in [0.15, 0.2) is 0 Å². The van der Waals surface area contributed by atoms with Crippen LogP contribution in [0.2, 0.25) is 0 Å². The van der Waals surface area contributed by atoms with Crippen molar-refractivity contribution >= 4 is 17.1 Å². The maximum Gasteiger partial charge on any atom is 0.0861 e. The van der Waals surface area contributed by atoms with E-state index in [1.54, 1.807) is 0 Å². The fraction of sp³-hybridized carbons (Fsp3) is 0.650. The highest BCUT2D eigenvalue weighted by Gasteiger charge is 2.35. The summed E-state index contributed by atoms with van der Waals surface area (Å²) < 4.78 is 0. The molecule has 1 heterocycles. The number of aliphatic imine (C=N–C) groups is 1. The summed E-state index contributed by atoms with van der Waals surface area (Å²) in [7, 11) is 0. The molecule has 0 saturated heterocycles. The first kappa shape index (κ1) is 14.3. The first-order chi connectivity index (χ1) is 10.9. The molecule has 0 aromatic heterocycles. The van der Waals surface area contributed by atoms with Gasteiger partial charge < -0.3 is 5.32 Å². The number of benzene rings is 1. The van der Waals surface area contributed by atoms with Crippen LogP contribution >= 0.6 is 0 Å². The van der Waals surface area contributed by atoms with Crippen LogP contribution in [0.1, 0.15) is 64.2 Å². The Balaban J connectivity index is 1.66. The number of hydrogen-bond donors (Lipinski definition) is 1. The van der Waals surface area contributed by atoms with Crippen molar-refractivity contribution in [3.8, 4) is 0 Å². The molecule has 3 aliphatic rings. The minimum atomic E-state index is 0.498. The molecule has 118 valence electrons. The van der Waals surface area contributed by atoms with E-state index >= 15 is 0 Å². The normalized spacial score (nSPS) is 26.9. The Hall–Kier alpha value is -1.31. The Morgan fingerprint density at radius 1 is 0.818 bits per heavy atom. The van der Waals surface area contributed by atoms with Crippen LogP contribution in [0.25, 0.3) is 0 Å². The Morgan fingerprint density at radius 3 is 2.27 bits per heavy atom. The van der Waals surface area contributed by atoms with Crippen LogP contribution in [0.5, 0.6) is 0 Å². The molecule has 1 aromatic carbocycles. The van der Waals surface area contributed by atoms with Gasteiger partial charge in [0.2, 0.25) is 0 Å². The SMILES string of the molecule is c1ccc2c(c1)N=C(C1CCCCC1)C(C1CCCCC1)N2. The van der Waals surface area contributed by atoms with Crippen LogP contribution in [0.15, 0.2) is 29.3 Å². The molecule has 0 amide bonds. The van der Waals surface area contributed by atoms with Gasteiger partial charge in [-0.05, 0) is 49.7 Å². The fourth-order valence-corrected chi connectivity index (χ4v) is 4.71. The van der Waals surface area contributed by atoms with Crippen molar-refractivity contribution in [2.75, 3.05) is 5.32 Å². The molecule has 2 nitrogen and oxygen atoms in total. The number of hydrogen-bond acceptors (Lipinski definition) is 2. The van der Waals surface area contributed by atoms with E-state index in [4.69, 9.17) is 4.99 Å². The molecular weight excluding hydrogens is 268 g/mol. The summed E-state index contributed by atoms with van der Waals surface area (Å²) in [5, 5.41) is 3.88. The largest absolute Gasteiger partial charge is 0.375 e.